The Hall–Kier alpha value is -2.45. The molecular weight excluding hydrogens is 451 g/mol. The van der Waals surface area contributed by atoms with Gasteiger partial charge in [0, 0.05) is 32.4 Å². The highest BCUT2D eigenvalue weighted by Crippen LogP contribution is 2.24. The van der Waals surface area contributed by atoms with Crippen LogP contribution in [0.1, 0.15) is 17.0 Å². The van der Waals surface area contributed by atoms with Crippen molar-refractivity contribution in [3.05, 3.63) is 69.7 Å². The Morgan fingerprint density at radius 1 is 1.25 bits per heavy atom. The van der Waals surface area contributed by atoms with Gasteiger partial charge >= 0.3 is 0 Å². The molecule has 1 atom stereocenters. The molecule has 2 aromatic heterocycles. The van der Waals surface area contributed by atoms with E-state index >= 15 is 0 Å². The highest BCUT2D eigenvalue weighted by Gasteiger charge is 2.22. The molecule has 0 bridgehead atoms. The third kappa shape index (κ3) is 5.86. The van der Waals surface area contributed by atoms with Crippen LogP contribution in [0.15, 0.2) is 47.0 Å². The van der Waals surface area contributed by atoms with E-state index < -0.39 is 0 Å². The minimum absolute atomic E-state index is 0.0852. The average Bonchev–Trinajstić information content (AvgIpc) is 3.16. The number of ether oxygens (including phenoxy) is 1. The number of hydrogen-bond donors (Lipinski definition) is 1. The van der Waals surface area contributed by atoms with E-state index in [-0.39, 0.29) is 18.4 Å². The number of rotatable bonds is 7. The summed E-state index contributed by atoms with van der Waals surface area (Å²) in [6, 6.07) is 11.2. The van der Waals surface area contributed by atoms with Gasteiger partial charge in [0.2, 0.25) is 11.8 Å². The zero-order chi connectivity index (χ0) is 22.5. The number of amides is 1. The van der Waals surface area contributed by atoms with Crippen molar-refractivity contribution < 1.29 is 13.9 Å². The third-order valence-electron chi connectivity index (χ3n) is 5.24. The number of oxazole rings is 1. The molecule has 1 aliphatic heterocycles. The molecule has 168 valence electrons. The molecule has 0 aliphatic carbocycles. The van der Waals surface area contributed by atoms with Gasteiger partial charge < -0.3 is 14.5 Å². The molecule has 9 heteroatoms. The molecule has 3 heterocycles. The SMILES string of the molecule is Cc1oc(-c2ccccn2)nc1CC(=O)NC[C@H]1CN(Cc2ccc(Cl)c(Cl)c2)CCO1. The van der Waals surface area contributed by atoms with E-state index in [2.05, 4.69) is 20.2 Å². The van der Waals surface area contributed by atoms with Crippen molar-refractivity contribution >= 4 is 29.1 Å². The van der Waals surface area contributed by atoms with Crippen molar-refractivity contribution in [2.24, 2.45) is 0 Å². The highest BCUT2D eigenvalue weighted by molar-refractivity contribution is 6.42. The molecule has 0 unspecified atom stereocenters. The summed E-state index contributed by atoms with van der Waals surface area (Å²) in [5.41, 5.74) is 2.34. The monoisotopic (exact) mass is 474 g/mol. The second-order valence-corrected chi connectivity index (χ2v) is 8.51. The van der Waals surface area contributed by atoms with Gasteiger partial charge in [0.05, 0.1) is 34.9 Å². The Labute approximate surface area is 196 Å². The number of aromatic nitrogens is 2. The number of nitrogens with zero attached hydrogens (tertiary/aromatic N) is 3. The fourth-order valence-corrected chi connectivity index (χ4v) is 3.90. The number of benzene rings is 1. The summed E-state index contributed by atoms with van der Waals surface area (Å²) < 4.78 is 11.5. The normalized spacial score (nSPS) is 16.8. The lowest BCUT2D eigenvalue weighted by Crippen LogP contribution is -2.47. The first-order valence-corrected chi connectivity index (χ1v) is 11.2. The molecule has 4 rings (SSSR count). The van der Waals surface area contributed by atoms with E-state index in [0.717, 1.165) is 18.7 Å². The summed E-state index contributed by atoms with van der Waals surface area (Å²) in [5.74, 6) is 0.904. The molecular formula is C23H24Cl2N4O3. The molecule has 0 spiro atoms. The van der Waals surface area contributed by atoms with Gasteiger partial charge in [-0.25, -0.2) is 4.98 Å². The van der Waals surface area contributed by atoms with Crippen molar-refractivity contribution in [1.82, 2.24) is 20.2 Å². The highest BCUT2D eigenvalue weighted by atomic mass is 35.5. The summed E-state index contributed by atoms with van der Waals surface area (Å²) in [6.07, 6.45) is 1.73. The van der Waals surface area contributed by atoms with Crippen LogP contribution in [0.3, 0.4) is 0 Å². The van der Waals surface area contributed by atoms with Crippen molar-refractivity contribution in [3.8, 4) is 11.6 Å². The van der Waals surface area contributed by atoms with E-state index in [1.165, 1.54) is 0 Å². The molecule has 1 fully saturated rings. The molecule has 1 amide bonds. The lowest BCUT2D eigenvalue weighted by atomic mass is 10.2. The lowest BCUT2D eigenvalue weighted by molar-refractivity contribution is -0.121. The van der Waals surface area contributed by atoms with Crippen LogP contribution in [-0.4, -0.2) is 53.1 Å². The molecule has 1 saturated heterocycles. The van der Waals surface area contributed by atoms with E-state index in [4.69, 9.17) is 32.4 Å². The fraction of sp³-hybridized carbons (Fsp3) is 0.348. The average molecular weight is 475 g/mol. The number of carbonyl (C=O) groups excluding carboxylic acids is 1. The molecule has 1 aliphatic rings. The van der Waals surface area contributed by atoms with Crippen molar-refractivity contribution in [3.63, 3.8) is 0 Å². The lowest BCUT2D eigenvalue weighted by Gasteiger charge is -2.33. The minimum Gasteiger partial charge on any atom is -0.440 e. The topological polar surface area (TPSA) is 80.5 Å². The van der Waals surface area contributed by atoms with Crippen molar-refractivity contribution in [2.75, 3.05) is 26.2 Å². The Morgan fingerprint density at radius 2 is 2.12 bits per heavy atom. The van der Waals surface area contributed by atoms with Gasteiger partial charge in [-0.3, -0.25) is 14.7 Å². The van der Waals surface area contributed by atoms with Crippen LogP contribution in [0.25, 0.3) is 11.6 Å². The van der Waals surface area contributed by atoms with Crippen LogP contribution in [0, 0.1) is 6.92 Å². The van der Waals surface area contributed by atoms with E-state index in [9.17, 15) is 4.79 Å². The van der Waals surface area contributed by atoms with Gasteiger partial charge in [-0.1, -0.05) is 35.3 Å². The second-order valence-electron chi connectivity index (χ2n) is 7.69. The summed E-state index contributed by atoms with van der Waals surface area (Å²) in [5, 5.41) is 4.05. The van der Waals surface area contributed by atoms with Gasteiger partial charge in [-0.15, -0.1) is 0 Å². The van der Waals surface area contributed by atoms with Crippen LogP contribution >= 0.6 is 23.2 Å². The first kappa shape index (κ1) is 22.7. The number of aryl methyl sites for hydroxylation is 1. The Bertz CT molecular complexity index is 1070. The Kier molecular flexibility index (Phi) is 7.42. The maximum absolute atomic E-state index is 12.5. The number of hydrogen-bond acceptors (Lipinski definition) is 6. The molecule has 0 radical (unpaired) electrons. The third-order valence-corrected chi connectivity index (χ3v) is 5.98. The van der Waals surface area contributed by atoms with Crippen LogP contribution < -0.4 is 5.32 Å². The first-order valence-electron chi connectivity index (χ1n) is 10.4. The second kappa shape index (κ2) is 10.4. The standard InChI is InChI=1S/C23H24Cl2N4O3/c1-15-21(28-23(32-15)20-4-2-3-7-26-20)11-22(30)27-12-17-14-29(8-9-31-17)13-16-5-6-18(24)19(25)10-16/h2-7,10,17H,8-9,11-14H2,1H3,(H,27,30)/t17-/m0/s1. The quantitative estimate of drug-likeness (QED) is 0.558. The first-order chi connectivity index (χ1) is 15.5. The number of pyridine rings is 1. The zero-order valence-electron chi connectivity index (χ0n) is 17.7. The van der Waals surface area contributed by atoms with Crippen LogP contribution in [0.5, 0.6) is 0 Å². The summed E-state index contributed by atoms with van der Waals surface area (Å²) in [4.78, 5) is 23.4. The Balaban J connectivity index is 1.27. The number of morpholine rings is 1. The Morgan fingerprint density at radius 3 is 2.91 bits per heavy atom. The van der Waals surface area contributed by atoms with Crippen LogP contribution in [0.4, 0.5) is 0 Å². The largest absolute Gasteiger partial charge is 0.440 e. The van der Waals surface area contributed by atoms with Crippen molar-refractivity contribution in [1.29, 1.82) is 0 Å². The van der Waals surface area contributed by atoms with Crippen molar-refractivity contribution in [2.45, 2.75) is 26.0 Å². The van der Waals surface area contributed by atoms with E-state index in [1.807, 2.05) is 36.4 Å². The van der Waals surface area contributed by atoms with Crippen LogP contribution in [0.2, 0.25) is 10.0 Å². The summed E-state index contributed by atoms with van der Waals surface area (Å²) in [6.45, 7) is 5.12. The van der Waals surface area contributed by atoms with E-state index in [1.54, 1.807) is 13.1 Å². The van der Waals surface area contributed by atoms with Gasteiger partial charge in [-0.2, -0.15) is 0 Å². The summed E-state index contributed by atoms with van der Waals surface area (Å²) in [7, 11) is 0. The fourth-order valence-electron chi connectivity index (χ4n) is 3.58. The van der Waals surface area contributed by atoms with Gasteiger partial charge in [0.25, 0.3) is 0 Å². The maximum Gasteiger partial charge on any atom is 0.245 e. The molecule has 32 heavy (non-hydrogen) atoms. The number of halogens is 2. The van der Waals surface area contributed by atoms with Gasteiger partial charge in [0.15, 0.2) is 0 Å². The predicted octanol–water partition coefficient (Wildman–Crippen LogP) is 3.91. The molecule has 3 aromatic rings. The number of carbonyl (C=O) groups is 1. The minimum atomic E-state index is -0.126. The molecule has 0 saturated carbocycles. The summed E-state index contributed by atoms with van der Waals surface area (Å²) >= 11 is 12.1. The maximum atomic E-state index is 12.5. The smallest absolute Gasteiger partial charge is 0.245 e. The predicted molar refractivity (Wildman–Crippen MR) is 123 cm³/mol. The van der Waals surface area contributed by atoms with E-state index in [0.29, 0.717) is 52.8 Å². The molecule has 1 N–H and O–H groups in total. The molecule has 7 nitrogen and oxygen atoms in total. The van der Waals surface area contributed by atoms with Crippen LogP contribution in [-0.2, 0) is 22.5 Å². The van der Waals surface area contributed by atoms with Gasteiger partial charge in [0.1, 0.15) is 11.5 Å². The number of nitrogens with one attached hydrogen (secondary N) is 1. The van der Waals surface area contributed by atoms with Gasteiger partial charge in [-0.05, 0) is 36.8 Å². The molecule has 1 aromatic carbocycles. The zero-order valence-corrected chi connectivity index (χ0v) is 19.2.